The summed E-state index contributed by atoms with van der Waals surface area (Å²) in [6.07, 6.45) is 4.15. The molecule has 4 nitrogen and oxygen atoms in total. The van der Waals surface area contributed by atoms with Crippen LogP contribution >= 0.6 is 0 Å². The topological polar surface area (TPSA) is 40.6 Å². The van der Waals surface area contributed by atoms with Crippen LogP contribution in [0, 0.1) is 5.82 Å². The van der Waals surface area contributed by atoms with Crippen molar-refractivity contribution in [1.82, 2.24) is 4.90 Å². The summed E-state index contributed by atoms with van der Waals surface area (Å²) in [5.74, 6) is -0.369. The molecule has 2 heterocycles. The van der Waals surface area contributed by atoms with Gasteiger partial charge in [0.1, 0.15) is 11.9 Å². The first-order valence-electron chi connectivity index (χ1n) is 7.53. The van der Waals surface area contributed by atoms with Crippen LogP contribution < -0.4 is 4.90 Å². The molecule has 0 radical (unpaired) electrons. The third-order valence-electron chi connectivity index (χ3n) is 4.27. The number of benzene rings is 1. The molecule has 1 unspecified atom stereocenters. The molecule has 112 valence electrons. The number of anilines is 1. The van der Waals surface area contributed by atoms with E-state index in [4.69, 9.17) is 0 Å². The second kappa shape index (κ2) is 5.84. The fourth-order valence-electron chi connectivity index (χ4n) is 3.17. The first-order valence-corrected chi connectivity index (χ1v) is 7.53. The standard InChI is InChI=1S/C16H19FN2O2/c17-12-4-6-13(7-5-12)19-14(8-9-15(19)20)16(21)18-10-2-1-3-11-18/h4-7,14H,1-3,8-11H2. The molecule has 0 saturated carbocycles. The van der Waals surface area contributed by atoms with Crippen molar-refractivity contribution in [2.45, 2.75) is 38.1 Å². The average molecular weight is 290 g/mol. The summed E-state index contributed by atoms with van der Waals surface area (Å²) in [6.45, 7) is 1.56. The molecule has 21 heavy (non-hydrogen) atoms. The van der Waals surface area contributed by atoms with Gasteiger partial charge >= 0.3 is 0 Å². The van der Waals surface area contributed by atoms with E-state index in [0.29, 0.717) is 18.5 Å². The van der Waals surface area contributed by atoms with Crippen molar-refractivity contribution in [1.29, 1.82) is 0 Å². The van der Waals surface area contributed by atoms with Crippen molar-refractivity contribution in [2.75, 3.05) is 18.0 Å². The zero-order valence-corrected chi connectivity index (χ0v) is 11.9. The quantitative estimate of drug-likeness (QED) is 0.839. The molecule has 1 atom stereocenters. The number of carbonyl (C=O) groups is 2. The van der Waals surface area contributed by atoms with E-state index in [2.05, 4.69) is 0 Å². The van der Waals surface area contributed by atoms with E-state index >= 15 is 0 Å². The maximum absolute atomic E-state index is 13.0. The average Bonchev–Trinajstić information content (AvgIpc) is 2.90. The third-order valence-corrected chi connectivity index (χ3v) is 4.27. The lowest BCUT2D eigenvalue weighted by Crippen LogP contribution is -2.48. The van der Waals surface area contributed by atoms with Gasteiger partial charge < -0.3 is 4.90 Å². The van der Waals surface area contributed by atoms with Gasteiger partial charge in [0.05, 0.1) is 0 Å². The number of halogens is 1. The second-order valence-corrected chi connectivity index (χ2v) is 5.68. The van der Waals surface area contributed by atoms with Crippen molar-refractivity contribution in [2.24, 2.45) is 0 Å². The molecule has 5 heteroatoms. The van der Waals surface area contributed by atoms with Crippen molar-refractivity contribution >= 4 is 17.5 Å². The number of amides is 2. The van der Waals surface area contributed by atoms with Gasteiger partial charge in [-0.15, -0.1) is 0 Å². The van der Waals surface area contributed by atoms with Crippen LogP contribution in [0.25, 0.3) is 0 Å². The van der Waals surface area contributed by atoms with Crippen molar-refractivity contribution in [3.05, 3.63) is 30.1 Å². The van der Waals surface area contributed by atoms with Crippen LogP contribution in [-0.2, 0) is 9.59 Å². The highest BCUT2D eigenvalue weighted by Gasteiger charge is 2.39. The molecule has 1 aromatic rings. The first-order chi connectivity index (χ1) is 10.2. The van der Waals surface area contributed by atoms with Gasteiger partial charge in [0.15, 0.2) is 0 Å². The van der Waals surface area contributed by atoms with E-state index in [9.17, 15) is 14.0 Å². The SMILES string of the molecule is O=C(C1CCC(=O)N1c1ccc(F)cc1)N1CCCCC1. The summed E-state index contributed by atoms with van der Waals surface area (Å²) in [7, 11) is 0. The fourth-order valence-corrected chi connectivity index (χ4v) is 3.17. The highest BCUT2D eigenvalue weighted by molar-refractivity contribution is 6.03. The Bertz CT molecular complexity index is 538. The second-order valence-electron chi connectivity index (χ2n) is 5.68. The van der Waals surface area contributed by atoms with Crippen molar-refractivity contribution < 1.29 is 14.0 Å². The number of rotatable bonds is 2. The van der Waals surface area contributed by atoms with Crippen molar-refractivity contribution in [3.8, 4) is 0 Å². The van der Waals surface area contributed by atoms with Crippen LogP contribution in [0.15, 0.2) is 24.3 Å². The zero-order valence-electron chi connectivity index (χ0n) is 11.9. The van der Waals surface area contributed by atoms with Crippen LogP contribution in [0.3, 0.4) is 0 Å². The van der Waals surface area contributed by atoms with Crippen LogP contribution in [0.1, 0.15) is 32.1 Å². The number of nitrogens with zero attached hydrogens (tertiary/aromatic N) is 2. The minimum absolute atomic E-state index is 0.0323. The molecule has 2 aliphatic heterocycles. The molecule has 3 rings (SSSR count). The van der Waals surface area contributed by atoms with E-state index in [0.717, 1.165) is 32.4 Å². The van der Waals surface area contributed by atoms with E-state index in [-0.39, 0.29) is 17.6 Å². The number of hydrogen-bond acceptors (Lipinski definition) is 2. The molecule has 0 spiro atoms. The Morgan fingerprint density at radius 2 is 1.76 bits per heavy atom. The van der Waals surface area contributed by atoms with Gasteiger partial charge in [-0.25, -0.2) is 4.39 Å². The minimum atomic E-state index is -0.430. The molecular weight excluding hydrogens is 271 g/mol. The molecule has 2 aliphatic rings. The Balaban J connectivity index is 1.81. The number of hydrogen-bond donors (Lipinski definition) is 0. The molecule has 2 amide bonds. The Morgan fingerprint density at radius 1 is 1.10 bits per heavy atom. The van der Waals surface area contributed by atoms with Crippen LogP contribution in [0.5, 0.6) is 0 Å². The Hall–Kier alpha value is -1.91. The summed E-state index contributed by atoms with van der Waals surface area (Å²) in [5.41, 5.74) is 0.606. The molecular formula is C16H19FN2O2. The van der Waals surface area contributed by atoms with E-state index < -0.39 is 6.04 Å². The first kappa shape index (κ1) is 14.0. The van der Waals surface area contributed by atoms with Crippen LogP contribution in [0.2, 0.25) is 0 Å². The van der Waals surface area contributed by atoms with Gasteiger partial charge in [0, 0.05) is 25.2 Å². The van der Waals surface area contributed by atoms with Gasteiger partial charge in [0.2, 0.25) is 11.8 Å². The summed E-state index contributed by atoms with van der Waals surface area (Å²) in [6, 6.07) is 5.35. The van der Waals surface area contributed by atoms with Gasteiger partial charge in [-0.05, 0) is 49.9 Å². The largest absolute Gasteiger partial charge is 0.341 e. The third kappa shape index (κ3) is 2.77. The highest BCUT2D eigenvalue weighted by atomic mass is 19.1. The summed E-state index contributed by atoms with van der Waals surface area (Å²) < 4.78 is 13.0. The normalized spacial score (nSPS) is 22.7. The molecule has 1 aromatic carbocycles. The number of carbonyl (C=O) groups excluding carboxylic acids is 2. The van der Waals surface area contributed by atoms with Gasteiger partial charge in [-0.2, -0.15) is 0 Å². The van der Waals surface area contributed by atoms with Gasteiger partial charge in [0.25, 0.3) is 0 Å². The molecule has 0 bridgehead atoms. The van der Waals surface area contributed by atoms with Crippen LogP contribution in [-0.4, -0.2) is 35.8 Å². The number of piperidine rings is 1. The van der Waals surface area contributed by atoms with E-state index in [1.54, 1.807) is 12.1 Å². The lowest BCUT2D eigenvalue weighted by Gasteiger charge is -2.32. The van der Waals surface area contributed by atoms with Gasteiger partial charge in [-0.1, -0.05) is 0 Å². The lowest BCUT2D eigenvalue weighted by molar-refractivity contribution is -0.134. The highest BCUT2D eigenvalue weighted by Crippen LogP contribution is 2.28. The Morgan fingerprint density at radius 3 is 2.43 bits per heavy atom. The zero-order chi connectivity index (χ0) is 14.8. The molecule has 2 fully saturated rings. The summed E-state index contributed by atoms with van der Waals surface area (Å²) >= 11 is 0. The van der Waals surface area contributed by atoms with Crippen molar-refractivity contribution in [3.63, 3.8) is 0 Å². The maximum Gasteiger partial charge on any atom is 0.245 e. The van der Waals surface area contributed by atoms with E-state index in [1.807, 2.05) is 4.90 Å². The minimum Gasteiger partial charge on any atom is -0.341 e. The lowest BCUT2D eigenvalue weighted by atomic mass is 10.1. The predicted molar refractivity (Wildman–Crippen MR) is 77.3 cm³/mol. The van der Waals surface area contributed by atoms with Crippen LogP contribution in [0.4, 0.5) is 10.1 Å². The Kier molecular flexibility index (Phi) is 3.90. The molecule has 0 aromatic heterocycles. The monoisotopic (exact) mass is 290 g/mol. The Labute approximate surface area is 123 Å². The maximum atomic E-state index is 13.0. The van der Waals surface area contributed by atoms with E-state index in [1.165, 1.54) is 17.0 Å². The fraction of sp³-hybridized carbons (Fsp3) is 0.500. The molecule has 0 aliphatic carbocycles. The summed E-state index contributed by atoms with van der Waals surface area (Å²) in [4.78, 5) is 28.2. The molecule has 0 N–H and O–H groups in total. The smallest absolute Gasteiger partial charge is 0.245 e. The summed E-state index contributed by atoms with van der Waals surface area (Å²) in [5, 5.41) is 0. The predicted octanol–water partition coefficient (Wildman–Crippen LogP) is 2.33. The van der Waals surface area contributed by atoms with Gasteiger partial charge in [-0.3, -0.25) is 14.5 Å². The number of likely N-dealkylation sites (tertiary alicyclic amines) is 1. The molecule has 2 saturated heterocycles.